The standard InChI is InChI=1S/C12H14N2O5/c1-3-18-11(16)9(12(17)19-4-2)5-8-6-10(15)14-13-7-8/h5-7H,3-4H2,1-2H3,(H,14,15). The van der Waals surface area contributed by atoms with Gasteiger partial charge in [-0.15, -0.1) is 0 Å². The summed E-state index contributed by atoms with van der Waals surface area (Å²) < 4.78 is 9.52. The van der Waals surface area contributed by atoms with E-state index in [2.05, 4.69) is 10.2 Å². The van der Waals surface area contributed by atoms with Gasteiger partial charge in [-0.2, -0.15) is 5.10 Å². The molecule has 1 N–H and O–H groups in total. The van der Waals surface area contributed by atoms with Crippen molar-refractivity contribution in [3.8, 4) is 0 Å². The van der Waals surface area contributed by atoms with Crippen molar-refractivity contribution < 1.29 is 19.1 Å². The van der Waals surface area contributed by atoms with Gasteiger partial charge in [-0.3, -0.25) is 4.79 Å². The predicted octanol–water partition coefficient (Wildman–Crippen LogP) is 0.279. The van der Waals surface area contributed by atoms with Crippen LogP contribution >= 0.6 is 0 Å². The smallest absolute Gasteiger partial charge is 0.345 e. The molecule has 0 atom stereocenters. The summed E-state index contributed by atoms with van der Waals surface area (Å²) in [6.07, 6.45) is 2.51. The number of rotatable bonds is 5. The fraction of sp³-hybridized carbons (Fsp3) is 0.333. The Labute approximate surface area is 109 Å². The number of H-pyrrole nitrogens is 1. The summed E-state index contributed by atoms with van der Waals surface area (Å²) in [6, 6.07) is 1.20. The van der Waals surface area contributed by atoms with Crippen LogP contribution in [0.5, 0.6) is 0 Å². The van der Waals surface area contributed by atoms with Crippen molar-refractivity contribution in [2.24, 2.45) is 0 Å². The van der Waals surface area contributed by atoms with Crippen LogP contribution in [-0.4, -0.2) is 35.3 Å². The van der Waals surface area contributed by atoms with Gasteiger partial charge in [-0.1, -0.05) is 0 Å². The highest BCUT2D eigenvalue weighted by Crippen LogP contribution is 2.08. The summed E-state index contributed by atoms with van der Waals surface area (Å²) >= 11 is 0. The lowest BCUT2D eigenvalue weighted by Crippen LogP contribution is -2.18. The van der Waals surface area contributed by atoms with Crippen molar-refractivity contribution in [3.05, 3.63) is 33.8 Å². The number of hydrogen-bond donors (Lipinski definition) is 1. The van der Waals surface area contributed by atoms with Gasteiger partial charge in [0.15, 0.2) is 0 Å². The van der Waals surface area contributed by atoms with Crippen molar-refractivity contribution >= 4 is 18.0 Å². The van der Waals surface area contributed by atoms with Crippen LogP contribution in [0.4, 0.5) is 0 Å². The summed E-state index contributed by atoms with van der Waals surface area (Å²) in [5.74, 6) is -1.61. The van der Waals surface area contributed by atoms with Crippen LogP contribution < -0.4 is 5.56 Å². The van der Waals surface area contributed by atoms with E-state index in [0.717, 1.165) is 0 Å². The van der Waals surface area contributed by atoms with Crippen LogP contribution in [0.3, 0.4) is 0 Å². The molecule has 0 radical (unpaired) electrons. The molecule has 0 spiro atoms. The maximum atomic E-state index is 11.7. The number of nitrogens with zero attached hydrogens (tertiary/aromatic N) is 1. The first-order chi connectivity index (χ1) is 9.08. The Hall–Kier alpha value is -2.44. The van der Waals surface area contributed by atoms with E-state index >= 15 is 0 Å². The molecule has 0 unspecified atom stereocenters. The Morgan fingerprint density at radius 3 is 2.32 bits per heavy atom. The fourth-order valence-electron chi connectivity index (χ4n) is 1.26. The van der Waals surface area contributed by atoms with Gasteiger partial charge in [0.1, 0.15) is 5.57 Å². The summed E-state index contributed by atoms with van der Waals surface area (Å²) in [4.78, 5) is 34.4. The van der Waals surface area contributed by atoms with Gasteiger partial charge in [0.25, 0.3) is 5.56 Å². The molecule has 0 fully saturated rings. The summed E-state index contributed by atoms with van der Waals surface area (Å²) in [7, 11) is 0. The number of nitrogens with one attached hydrogen (secondary N) is 1. The van der Waals surface area contributed by atoms with Gasteiger partial charge in [-0.05, 0) is 19.9 Å². The number of esters is 2. The molecule has 19 heavy (non-hydrogen) atoms. The molecule has 1 aromatic heterocycles. The highest BCUT2D eigenvalue weighted by molar-refractivity contribution is 6.17. The minimum atomic E-state index is -0.804. The average molecular weight is 266 g/mol. The number of carbonyl (C=O) groups excluding carboxylic acids is 2. The van der Waals surface area contributed by atoms with Crippen LogP contribution in [0.1, 0.15) is 19.4 Å². The first-order valence-electron chi connectivity index (χ1n) is 5.69. The molecule has 102 valence electrons. The zero-order valence-corrected chi connectivity index (χ0v) is 10.6. The SMILES string of the molecule is CCOC(=O)C(=Cc1cn[nH]c(=O)c1)C(=O)OCC. The van der Waals surface area contributed by atoms with E-state index in [1.54, 1.807) is 13.8 Å². The van der Waals surface area contributed by atoms with Crippen LogP contribution in [0.15, 0.2) is 22.6 Å². The lowest BCUT2D eigenvalue weighted by molar-refractivity contribution is -0.146. The third kappa shape index (κ3) is 4.38. The van der Waals surface area contributed by atoms with Gasteiger partial charge in [0.2, 0.25) is 0 Å². The first kappa shape index (κ1) is 14.6. The van der Waals surface area contributed by atoms with Crippen LogP contribution in [-0.2, 0) is 19.1 Å². The molecule has 0 saturated carbocycles. The topological polar surface area (TPSA) is 98.4 Å². The second-order valence-corrected chi connectivity index (χ2v) is 3.38. The molecular weight excluding hydrogens is 252 g/mol. The van der Waals surface area contributed by atoms with Crippen molar-refractivity contribution in [3.63, 3.8) is 0 Å². The van der Waals surface area contributed by atoms with Crippen molar-refractivity contribution in [2.45, 2.75) is 13.8 Å². The molecule has 7 nitrogen and oxygen atoms in total. The minimum absolute atomic E-state index is 0.128. The third-order valence-corrected chi connectivity index (χ3v) is 1.99. The number of ether oxygens (including phenoxy) is 2. The van der Waals surface area contributed by atoms with Gasteiger partial charge in [0.05, 0.1) is 19.4 Å². The lowest BCUT2D eigenvalue weighted by Gasteiger charge is -2.06. The maximum absolute atomic E-state index is 11.7. The number of carbonyl (C=O) groups is 2. The monoisotopic (exact) mass is 266 g/mol. The molecule has 7 heteroatoms. The Balaban J connectivity index is 3.11. The molecule has 0 aliphatic rings. The molecule has 1 heterocycles. The Morgan fingerprint density at radius 1 is 1.26 bits per heavy atom. The van der Waals surface area contributed by atoms with Crippen molar-refractivity contribution in [2.75, 3.05) is 13.2 Å². The highest BCUT2D eigenvalue weighted by Gasteiger charge is 2.20. The fourth-order valence-corrected chi connectivity index (χ4v) is 1.26. The highest BCUT2D eigenvalue weighted by atomic mass is 16.6. The Morgan fingerprint density at radius 2 is 1.84 bits per heavy atom. The van der Waals surface area contributed by atoms with Gasteiger partial charge >= 0.3 is 11.9 Å². The number of hydrogen-bond acceptors (Lipinski definition) is 6. The molecule has 1 rings (SSSR count). The summed E-state index contributed by atoms with van der Waals surface area (Å²) in [5.41, 5.74) is -0.420. The Bertz CT molecular complexity index is 527. The third-order valence-electron chi connectivity index (χ3n) is 1.99. The van der Waals surface area contributed by atoms with E-state index in [1.807, 2.05) is 0 Å². The van der Waals surface area contributed by atoms with E-state index in [9.17, 15) is 14.4 Å². The molecule has 0 amide bonds. The molecule has 0 saturated heterocycles. The molecule has 1 aromatic rings. The number of aromatic amines is 1. The normalized spacial score (nSPS) is 9.58. The zero-order chi connectivity index (χ0) is 14.3. The van der Waals surface area contributed by atoms with Crippen LogP contribution in [0.2, 0.25) is 0 Å². The molecule has 0 aromatic carbocycles. The lowest BCUT2D eigenvalue weighted by atomic mass is 10.2. The predicted molar refractivity (Wildman–Crippen MR) is 66.1 cm³/mol. The van der Waals surface area contributed by atoms with Crippen LogP contribution in [0, 0.1) is 0 Å². The number of aromatic nitrogens is 2. The van der Waals surface area contributed by atoms with Gasteiger partial charge < -0.3 is 9.47 Å². The second kappa shape index (κ2) is 7.10. The van der Waals surface area contributed by atoms with Crippen LogP contribution in [0.25, 0.3) is 6.08 Å². The molecule has 0 aliphatic heterocycles. The largest absolute Gasteiger partial charge is 0.462 e. The summed E-state index contributed by atoms with van der Waals surface area (Å²) in [5, 5.41) is 5.75. The molecular formula is C12H14N2O5. The maximum Gasteiger partial charge on any atom is 0.345 e. The average Bonchev–Trinajstić information content (AvgIpc) is 2.36. The minimum Gasteiger partial charge on any atom is -0.462 e. The zero-order valence-electron chi connectivity index (χ0n) is 10.6. The van der Waals surface area contributed by atoms with Crippen molar-refractivity contribution in [1.82, 2.24) is 10.2 Å². The van der Waals surface area contributed by atoms with E-state index in [0.29, 0.717) is 5.56 Å². The van der Waals surface area contributed by atoms with E-state index in [1.165, 1.54) is 18.3 Å². The van der Waals surface area contributed by atoms with Gasteiger partial charge in [0, 0.05) is 11.6 Å². The molecule has 0 bridgehead atoms. The van der Waals surface area contributed by atoms with E-state index in [4.69, 9.17) is 9.47 Å². The van der Waals surface area contributed by atoms with E-state index in [-0.39, 0.29) is 18.8 Å². The first-order valence-corrected chi connectivity index (χ1v) is 5.69. The quantitative estimate of drug-likeness (QED) is 0.356. The van der Waals surface area contributed by atoms with Crippen molar-refractivity contribution in [1.29, 1.82) is 0 Å². The summed E-state index contributed by atoms with van der Waals surface area (Å²) in [6.45, 7) is 3.50. The molecule has 0 aliphatic carbocycles. The second-order valence-electron chi connectivity index (χ2n) is 3.38. The van der Waals surface area contributed by atoms with E-state index < -0.39 is 17.5 Å². The van der Waals surface area contributed by atoms with Gasteiger partial charge in [-0.25, -0.2) is 14.7 Å². The Kier molecular flexibility index (Phi) is 5.46.